The van der Waals surface area contributed by atoms with E-state index in [4.69, 9.17) is 0 Å². The highest BCUT2D eigenvalue weighted by molar-refractivity contribution is 5.93. The van der Waals surface area contributed by atoms with E-state index in [1.165, 1.54) is 0 Å². The Morgan fingerprint density at radius 3 is 2.39 bits per heavy atom. The average Bonchev–Trinajstić information content (AvgIpc) is 3.24. The van der Waals surface area contributed by atoms with E-state index in [1.807, 2.05) is 14.0 Å². The molecule has 2 fully saturated rings. The summed E-state index contributed by atoms with van der Waals surface area (Å²) in [7, 11) is 1.83. The maximum atomic E-state index is 12.4. The van der Waals surface area contributed by atoms with Gasteiger partial charge in [-0.1, -0.05) is 0 Å². The number of piperidine rings is 1. The molecule has 0 atom stereocenters. The molecule has 0 radical (unpaired) electrons. The third-order valence-corrected chi connectivity index (χ3v) is 4.57. The van der Waals surface area contributed by atoms with Gasteiger partial charge in [-0.3, -0.25) is 14.5 Å². The van der Waals surface area contributed by atoms with E-state index in [0.29, 0.717) is 18.3 Å². The molecule has 0 aromatic carbocycles. The molecule has 2 heterocycles. The zero-order chi connectivity index (χ0) is 16.4. The lowest BCUT2D eigenvalue weighted by molar-refractivity contribution is -0.122. The van der Waals surface area contributed by atoms with Crippen molar-refractivity contribution < 1.29 is 9.59 Å². The molecule has 1 aliphatic carbocycles. The number of imidazole rings is 1. The minimum Gasteiger partial charge on any atom is -0.352 e. The number of carbonyl (C=O) groups excluding carboxylic acids is 2. The molecule has 23 heavy (non-hydrogen) atoms. The number of hydrogen-bond donors (Lipinski definition) is 2. The highest BCUT2D eigenvalue weighted by Gasteiger charge is 2.26. The van der Waals surface area contributed by atoms with Gasteiger partial charge in [0.1, 0.15) is 5.69 Å². The van der Waals surface area contributed by atoms with Crippen LogP contribution in [0.3, 0.4) is 0 Å². The molecule has 3 rings (SSSR count). The molecule has 7 heteroatoms. The van der Waals surface area contributed by atoms with Crippen molar-refractivity contribution in [1.29, 1.82) is 0 Å². The van der Waals surface area contributed by atoms with Crippen molar-refractivity contribution in [2.75, 3.05) is 19.6 Å². The second kappa shape index (κ2) is 6.70. The molecule has 7 nitrogen and oxygen atoms in total. The minimum absolute atomic E-state index is 0.0626. The number of nitrogens with zero attached hydrogens (tertiary/aromatic N) is 3. The third kappa shape index (κ3) is 4.10. The molecule has 0 bridgehead atoms. The molecule has 2 aliphatic rings. The highest BCUT2D eigenvalue weighted by Crippen LogP contribution is 2.18. The van der Waals surface area contributed by atoms with Gasteiger partial charge in [0.2, 0.25) is 5.91 Å². The lowest BCUT2D eigenvalue weighted by atomic mass is 10.0. The van der Waals surface area contributed by atoms with Crippen LogP contribution in [0.15, 0.2) is 6.33 Å². The van der Waals surface area contributed by atoms with Gasteiger partial charge >= 0.3 is 0 Å². The van der Waals surface area contributed by atoms with Crippen LogP contribution in [0, 0.1) is 6.92 Å². The zero-order valence-corrected chi connectivity index (χ0v) is 13.8. The Kier molecular flexibility index (Phi) is 4.66. The molecule has 1 aromatic heterocycles. The fourth-order valence-corrected chi connectivity index (χ4v) is 3.07. The Morgan fingerprint density at radius 2 is 1.83 bits per heavy atom. The largest absolute Gasteiger partial charge is 0.352 e. The van der Waals surface area contributed by atoms with Crippen molar-refractivity contribution in [2.24, 2.45) is 7.05 Å². The first kappa shape index (κ1) is 16.0. The molecular weight excluding hydrogens is 294 g/mol. The average molecular weight is 319 g/mol. The van der Waals surface area contributed by atoms with Gasteiger partial charge < -0.3 is 15.2 Å². The van der Waals surface area contributed by atoms with Crippen LogP contribution in [0.5, 0.6) is 0 Å². The summed E-state index contributed by atoms with van der Waals surface area (Å²) in [5.41, 5.74) is 1.37. The minimum atomic E-state index is -0.0626. The van der Waals surface area contributed by atoms with Crippen molar-refractivity contribution in [1.82, 2.24) is 25.1 Å². The summed E-state index contributed by atoms with van der Waals surface area (Å²) in [4.78, 5) is 30.5. The van der Waals surface area contributed by atoms with Gasteiger partial charge in [0.25, 0.3) is 5.91 Å². The molecule has 0 spiro atoms. The van der Waals surface area contributed by atoms with E-state index in [1.54, 1.807) is 10.9 Å². The topological polar surface area (TPSA) is 79.3 Å². The van der Waals surface area contributed by atoms with Crippen molar-refractivity contribution in [3.63, 3.8) is 0 Å². The number of carbonyl (C=O) groups is 2. The van der Waals surface area contributed by atoms with Crippen molar-refractivity contribution in [3.8, 4) is 0 Å². The summed E-state index contributed by atoms with van der Waals surface area (Å²) in [6.45, 7) is 3.99. The second-order valence-corrected chi connectivity index (χ2v) is 6.66. The van der Waals surface area contributed by atoms with Crippen molar-refractivity contribution in [3.05, 3.63) is 17.7 Å². The van der Waals surface area contributed by atoms with Crippen LogP contribution in [0.1, 0.15) is 41.9 Å². The first-order chi connectivity index (χ1) is 11.0. The SMILES string of the molecule is Cc1ncn(C)c1C(=O)NC1CCN(CC(=O)NC2CC2)CC1. The van der Waals surface area contributed by atoms with Crippen LogP contribution < -0.4 is 10.6 Å². The van der Waals surface area contributed by atoms with E-state index in [2.05, 4.69) is 20.5 Å². The summed E-state index contributed by atoms with van der Waals surface area (Å²) in [6, 6.07) is 0.584. The predicted molar refractivity (Wildman–Crippen MR) is 86.0 cm³/mol. The summed E-state index contributed by atoms with van der Waals surface area (Å²) in [6.07, 6.45) is 5.64. The second-order valence-electron chi connectivity index (χ2n) is 6.66. The molecule has 2 N–H and O–H groups in total. The monoisotopic (exact) mass is 319 g/mol. The number of likely N-dealkylation sites (tertiary alicyclic amines) is 1. The quantitative estimate of drug-likeness (QED) is 0.813. The summed E-state index contributed by atoms with van der Waals surface area (Å²) < 4.78 is 1.75. The van der Waals surface area contributed by atoms with E-state index < -0.39 is 0 Å². The van der Waals surface area contributed by atoms with Gasteiger partial charge in [0, 0.05) is 32.2 Å². The maximum absolute atomic E-state index is 12.4. The third-order valence-electron chi connectivity index (χ3n) is 4.57. The summed E-state index contributed by atoms with van der Waals surface area (Å²) >= 11 is 0. The smallest absolute Gasteiger partial charge is 0.270 e. The number of hydrogen-bond acceptors (Lipinski definition) is 4. The van der Waals surface area contributed by atoms with Gasteiger partial charge in [0.05, 0.1) is 18.6 Å². The molecule has 2 amide bonds. The van der Waals surface area contributed by atoms with Crippen LogP contribution >= 0.6 is 0 Å². The van der Waals surface area contributed by atoms with E-state index in [0.717, 1.165) is 44.5 Å². The lowest BCUT2D eigenvalue weighted by Gasteiger charge is -2.31. The molecule has 1 saturated heterocycles. The van der Waals surface area contributed by atoms with E-state index >= 15 is 0 Å². The van der Waals surface area contributed by atoms with Gasteiger partial charge in [-0.05, 0) is 32.6 Å². The van der Waals surface area contributed by atoms with Gasteiger partial charge in [0.15, 0.2) is 0 Å². The van der Waals surface area contributed by atoms with Crippen molar-refractivity contribution in [2.45, 2.75) is 44.7 Å². The van der Waals surface area contributed by atoms with Crippen LogP contribution in [-0.2, 0) is 11.8 Å². The van der Waals surface area contributed by atoms with E-state index in [9.17, 15) is 9.59 Å². The Hall–Kier alpha value is -1.89. The first-order valence-electron chi connectivity index (χ1n) is 8.33. The molecule has 126 valence electrons. The summed E-state index contributed by atoms with van der Waals surface area (Å²) in [5.74, 6) is 0.0629. The Morgan fingerprint density at radius 1 is 1.17 bits per heavy atom. The van der Waals surface area contributed by atoms with Crippen LogP contribution in [-0.4, -0.2) is 58.0 Å². The maximum Gasteiger partial charge on any atom is 0.270 e. The number of amides is 2. The Bertz CT molecular complexity index is 566. The lowest BCUT2D eigenvalue weighted by Crippen LogP contribution is -2.47. The predicted octanol–water partition coefficient (Wildman–Crippen LogP) is 0.201. The number of rotatable bonds is 5. The van der Waals surface area contributed by atoms with Crippen LogP contribution in [0.2, 0.25) is 0 Å². The Labute approximate surface area is 136 Å². The van der Waals surface area contributed by atoms with Crippen LogP contribution in [0.25, 0.3) is 0 Å². The number of aromatic nitrogens is 2. The number of aryl methyl sites for hydroxylation is 2. The van der Waals surface area contributed by atoms with E-state index in [-0.39, 0.29) is 17.9 Å². The molecule has 1 aromatic rings. The van der Waals surface area contributed by atoms with Gasteiger partial charge in [-0.15, -0.1) is 0 Å². The standard InChI is InChI=1S/C16H25N5O2/c1-11-15(20(2)10-17-11)16(23)19-13-5-7-21(8-6-13)9-14(22)18-12-3-4-12/h10,12-13H,3-9H2,1-2H3,(H,18,22)(H,19,23). The van der Waals surface area contributed by atoms with Crippen LogP contribution in [0.4, 0.5) is 0 Å². The summed E-state index contributed by atoms with van der Waals surface area (Å²) in [5, 5.41) is 6.11. The first-order valence-corrected chi connectivity index (χ1v) is 8.33. The molecule has 1 aliphatic heterocycles. The zero-order valence-electron chi connectivity index (χ0n) is 13.8. The molecular formula is C16H25N5O2. The molecule has 0 unspecified atom stereocenters. The Balaban J connectivity index is 1.43. The van der Waals surface area contributed by atoms with Gasteiger partial charge in [-0.2, -0.15) is 0 Å². The number of nitrogens with one attached hydrogen (secondary N) is 2. The van der Waals surface area contributed by atoms with Gasteiger partial charge in [-0.25, -0.2) is 4.98 Å². The van der Waals surface area contributed by atoms with Crippen molar-refractivity contribution >= 4 is 11.8 Å². The highest BCUT2D eigenvalue weighted by atomic mass is 16.2. The fraction of sp³-hybridized carbons (Fsp3) is 0.688. The fourth-order valence-electron chi connectivity index (χ4n) is 3.07. The molecule has 1 saturated carbocycles. The normalized spacial score (nSPS) is 19.6.